The van der Waals surface area contributed by atoms with E-state index in [2.05, 4.69) is 17.3 Å². The van der Waals surface area contributed by atoms with Crippen molar-refractivity contribution in [3.63, 3.8) is 0 Å². The van der Waals surface area contributed by atoms with Crippen molar-refractivity contribution in [3.8, 4) is 5.75 Å². The molecule has 0 aliphatic carbocycles. The van der Waals surface area contributed by atoms with Crippen molar-refractivity contribution in [1.82, 2.24) is 14.7 Å². The summed E-state index contributed by atoms with van der Waals surface area (Å²) in [4.78, 5) is 30.4. The lowest BCUT2D eigenvalue weighted by molar-refractivity contribution is 0.0827. The maximum atomic E-state index is 12.6. The van der Waals surface area contributed by atoms with Gasteiger partial charge in [-0.2, -0.15) is 0 Å². The Labute approximate surface area is 149 Å². The van der Waals surface area contributed by atoms with Crippen molar-refractivity contribution < 1.29 is 14.3 Å². The standard InChI is InChI=1S/C18H28N4O3/c1-5-25-16-8-7-14(17(23)20(2)3)13-15(16)19-18(24)22-10-6-9-21(4)11-12-22/h7-8,13H,5-6,9-12H2,1-4H3,(H,19,24). The van der Waals surface area contributed by atoms with Crippen molar-refractivity contribution in [3.05, 3.63) is 23.8 Å². The second-order valence-electron chi connectivity index (χ2n) is 6.42. The molecule has 1 aliphatic rings. The lowest BCUT2D eigenvalue weighted by Crippen LogP contribution is -2.37. The highest BCUT2D eigenvalue weighted by molar-refractivity contribution is 5.97. The normalized spacial score (nSPS) is 15.4. The number of hydrogen-bond acceptors (Lipinski definition) is 4. The number of urea groups is 1. The van der Waals surface area contributed by atoms with Crippen molar-refractivity contribution >= 4 is 17.6 Å². The fourth-order valence-corrected chi connectivity index (χ4v) is 2.74. The molecule has 0 bridgehead atoms. The van der Waals surface area contributed by atoms with E-state index in [9.17, 15) is 9.59 Å². The molecule has 0 radical (unpaired) electrons. The summed E-state index contributed by atoms with van der Waals surface area (Å²) in [6.45, 7) is 5.61. The Morgan fingerprint density at radius 3 is 2.64 bits per heavy atom. The minimum Gasteiger partial charge on any atom is -0.492 e. The molecule has 1 N–H and O–H groups in total. The van der Waals surface area contributed by atoms with Crippen molar-refractivity contribution in [2.24, 2.45) is 0 Å². The van der Waals surface area contributed by atoms with Gasteiger partial charge in [0.25, 0.3) is 5.91 Å². The van der Waals surface area contributed by atoms with Gasteiger partial charge in [0.05, 0.1) is 12.3 Å². The maximum Gasteiger partial charge on any atom is 0.321 e. The molecule has 0 aromatic heterocycles. The Bertz CT molecular complexity index is 618. The molecule has 1 saturated heterocycles. The number of carbonyl (C=O) groups is 2. The van der Waals surface area contributed by atoms with Gasteiger partial charge in [-0.25, -0.2) is 4.79 Å². The van der Waals surface area contributed by atoms with Crippen molar-refractivity contribution in [2.75, 3.05) is 59.2 Å². The molecule has 3 amide bonds. The number of amides is 3. The van der Waals surface area contributed by atoms with Crippen LogP contribution in [0.4, 0.5) is 10.5 Å². The van der Waals surface area contributed by atoms with E-state index in [1.165, 1.54) is 4.90 Å². The Hall–Kier alpha value is -2.28. The van der Waals surface area contributed by atoms with Crippen LogP contribution in [-0.4, -0.2) is 80.6 Å². The molecule has 138 valence electrons. The number of carbonyl (C=O) groups excluding carboxylic acids is 2. The first-order valence-electron chi connectivity index (χ1n) is 8.65. The summed E-state index contributed by atoms with van der Waals surface area (Å²) in [5.74, 6) is 0.452. The summed E-state index contributed by atoms with van der Waals surface area (Å²) in [5.41, 5.74) is 1.04. The van der Waals surface area contributed by atoms with Gasteiger partial charge in [0, 0.05) is 39.3 Å². The number of nitrogens with zero attached hydrogens (tertiary/aromatic N) is 3. The summed E-state index contributed by atoms with van der Waals surface area (Å²) >= 11 is 0. The Balaban J connectivity index is 2.18. The summed E-state index contributed by atoms with van der Waals surface area (Å²) in [6.07, 6.45) is 0.946. The fourth-order valence-electron chi connectivity index (χ4n) is 2.74. The highest BCUT2D eigenvalue weighted by Crippen LogP contribution is 2.27. The SMILES string of the molecule is CCOc1ccc(C(=O)N(C)C)cc1NC(=O)N1CCCN(C)CC1. The second-order valence-corrected chi connectivity index (χ2v) is 6.42. The van der Waals surface area contributed by atoms with Crippen LogP contribution < -0.4 is 10.1 Å². The van der Waals surface area contributed by atoms with E-state index < -0.39 is 0 Å². The predicted octanol–water partition coefficient (Wildman–Crippen LogP) is 1.96. The highest BCUT2D eigenvalue weighted by atomic mass is 16.5. The molecule has 0 spiro atoms. The summed E-state index contributed by atoms with van der Waals surface area (Å²) in [6, 6.07) is 4.95. The Morgan fingerprint density at radius 2 is 1.96 bits per heavy atom. The van der Waals surface area contributed by atoms with E-state index >= 15 is 0 Å². The van der Waals surface area contributed by atoms with Crippen LogP contribution in [0.2, 0.25) is 0 Å². The molecule has 2 rings (SSSR count). The third-order valence-electron chi connectivity index (χ3n) is 4.18. The summed E-state index contributed by atoms with van der Waals surface area (Å²) < 4.78 is 5.60. The van der Waals surface area contributed by atoms with E-state index in [0.29, 0.717) is 30.2 Å². The lowest BCUT2D eigenvalue weighted by Gasteiger charge is -2.22. The average molecular weight is 348 g/mol. The molecule has 1 heterocycles. The van der Waals surface area contributed by atoms with E-state index in [0.717, 1.165) is 26.1 Å². The third kappa shape index (κ3) is 5.09. The minimum absolute atomic E-state index is 0.116. The molecule has 1 aromatic carbocycles. The van der Waals surface area contributed by atoms with Gasteiger partial charge in [-0.15, -0.1) is 0 Å². The minimum atomic E-state index is -0.161. The second kappa shape index (κ2) is 8.71. The van der Waals surface area contributed by atoms with Crippen LogP contribution in [0.5, 0.6) is 5.75 Å². The number of benzene rings is 1. The van der Waals surface area contributed by atoms with Gasteiger partial charge in [0.1, 0.15) is 5.75 Å². The summed E-state index contributed by atoms with van der Waals surface area (Å²) in [7, 11) is 5.46. The zero-order valence-corrected chi connectivity index (χ0v) is 15.5. The maximum absolute atomic E-state index is 12.6. The van der Waals surface area contributed by atoms with E-state index in [1.807, 2.05) is 6.92 Å². The molecular weight excluding hydrogens is 320 g/mol. The van der Waals surface area contributed by atoms with Crippen LogP contribution in [0.3, 0.4) is 0 Å². The molecule has 7 heteroatoms. The van der Waals surface area contributed by atoms with Crippen LogP contribution >= 0.6 is 0 Å². The number of anilines is 1. The topological polar surface area (TPSA) is 65.1 Å². The number of rotatable bonds is 4. The van der Waals surface area contributed by atoms with Gasteiger partial charge >= 0.3 is 6.03 Å². The average Bonchev–Trinajstić information content (AvgIpc) is 2.80. The van der Waals surface area contributed by atoms with Gasteiger partial charge in [-0.05, 0) is 45.1 Å². The molecule has 1 aromatic rings. The van der Waals surface area contributed by atoms with E-state index in [4.69, 9.17) is 4.74 Å². The van der Waals surface area contributed by atoms with Crippen molar-refractivity contribution in [2.45, 2.75) is 13.3 Å². The first-order chi connectivity index (χ1) is 11.9. The molecular formula is C18H28N4O3. The van der Waals surface area contributed by atoms with Crippen molar-refractivity contribution in [1.29, 1.82) is 0 Å². The van der Waals surface area contributed by atoms with Gasteiger partial charge in [0.15, 0.2) is 0 Å². The molecule has 7 nitrogen and oxygen atoms in total. The quantitative estimate of drug-likeness (QED) is 0.903. The molecule has 0 saturated carbocycles. The smallest absolute Gasteiger partial charge is 0.321 e. The zero-order valence-electron chi connectivity index (χ0n) is 15.5. The van der Waals surface area contributed by atoms with Crippen LogP contribution in [0.1, 0.15) is 23.7 Å². The molecule has 1 fully saturated rings. The fraction of sp³-hybridized carbons (Fsp3) is 0.556. The Kier molecular flexibility index (Phi) is 6.64. The first-order valence-corrected chi connectivity index (χ1v) is 8.65. The molecule has 0 unspecified atom stereocenters. The largest absolute Gasteiger partial charge is 0.492 e. The monoisotopic (exact) mass is 348 g/mol. The van der Waals surface area contributed by atoms with Gasteiger partial charge in [-0.1, -0.05) is 0 Å². The number of nitrogens with one attached hydrogen (secondary N) is 1. The highest BCUT2D eigenvalue weighted by Gasteiger charge is 2.20. The molecule has 25 heavy (non-hydrogen) atoms. The van der Waals surface area contributed by atoms with Crippen LogP contribution in [0, 0.1) is 0 Å². The van der Waals surface area contributed by atoms with Crippen LogP contribution in [-0.2, 0) is 0 Å². The molecule has 0 atom stereocenters. The van der Waals surface area contributed by atoms with Crippen LogP contribution in [0.25, 0.3) is 0 Å². The lowest BCUT2D eigenvalue weighted by atomic mass is 10.1. The number of likely N-dealkylation sites (N-methyl/N-ethyl adjacent to an activating group) is 1. The van der Waals surface area contributed by atoms with Gasteiger partial charge in [-0.3, -0.25) is 4.79 Å². The number of ether oxygens (including phenoxy) is 1. The zero-order chi connectivity index (χ0) is 18.4. The van der Waals surface area contributed by atoms with E-state index in [-0.39, 0.29) is 11.9 Å². The number of hydrogen-bond donors (Lipinski definition) is 1. The van der Waals surface area contributed by atoms with Gasteiger partial charge < -0.3 is 24.8 Å². The van der Waals surface area contributed by atoms with E-state index in [1.54, 1.807) is 37.2 Å². The first kappa shape index (κ1) is 19.1. The predicted molar refractivity (Wildman–Crippen MR) is 98.3 cm³/mol. The Morgan fingerprint density at radius 1 is 1.20 bits per heavy atom. The summed E-state index contributed by atoms with van der Waals surface area (Å²) in [5, 5.41) is 2.91. The molecule has 1 aliphatic heterocycles. The van der Waals surface area contributed by atoms with Gasteiger partial charge in [0.2, 0.25) is 0 Å². The van der Waals surface area contributed by atoms with Crippen LogP contribution in [0.15, 0.2) is 18.2 Å². The third-order valence-corrected chi connectivity index (χ3v) is 4.18.